The highest BCUT2D eigenvalue weighted by molar-refractivity contribution is 5.77. The van der Waals surface area contributed by atoms with Crippen LogP contribution >= 0.6 is 0 Å². The van der Waals surface area contributed by atoms with E-state index in [0.29, 0.717) is 37.3 Å². The number of carbonyl (C=O) groups excluding carboxylic acids is 1. The van der Waals surface area contributed by atoms with E-state index in [1.807, 2.05) is 36.4 Å². The van der Waals surface area contributed by atoms with E-state index in [4.69, 9.17) is 0 Å². The zero-order chi connectivity index (χ0) is 22.9. The largest absolute Gasteiger partial charge is 0.390 e. The molecule has 0 aromatic heterocycles. The first-order valence-corrected chi connectivity index (χ1v) is 12.2. The first-order valence-electron chi connectivity index (χ1n) is 12.2. The second kappa shape index (κ2) is 12.2. The highest BCUT2D eigenvalue weighted by Crippen LogP contribution is 2.29. The number of carbonyl (C=O) groups is 1. The summed E-state index contributed by atoms with van der Waals surface area (Å²) in [6, 6.07) is 20.3. The molecule has 3 rings (SSSR count). The Morgan fingerprint density at radius 1 is 1.03 bits per heavy atom. The van der Waals surface area contributed by atoms with Crippen LogP contribution < -0.4 is 10.6 Å². The van der Waals surface area contributed by atoms with Gasteiger partial charge in [0, 0.05) is 19.0 Å². The Morgan fingerprint density at radius 2 is 1.69 bits per heavy atom. The van der Waals surface area contributed by atoms with Crippen LogP contribution in [0.4, 0.5) is 0 Å². The standard InChI is InChI=1S/C28H40N2O2/c1-20-11-10-16-25(22(20)3)29-19-27(31)26(18-23-12-6-4-7-13-23)30-28(32)17-21(2)24-14-8-5-9-15-24/h4-9,12-15,20-22,25-27,29,31H,10-11,16-19H2,1-3H3,(H,30,32). The average Bonchev–Trinajstić information content (AvgIpc) is 2.80. The Balaban J connectivity index is 1.61. The van der Waals surface area contributed by atoms with E-state index in [1.54, 1.807) is 0 Å². The summed E-state index contributed by atoms with van der Waals surface area (Å²) in [4.78, 5) is 12.9. The molecule has 2 aromatic rings. The molecule has 32 heavy (non-hydrogen) atoms. The van der Waals surface area contributed by atoms with Crippen molar-refractivity contribution in [2.24, 2.45) is 11.8 Å². The Morgan fingerprint density at radius 3 is 2.38 bits per heavy atom. The monoisotopic (exact) mass is 436 g/mol. The minimum absolute atomic E-state index is 0.0130. The van der Waals surface area contributed by atoms with Gasteiger partial charge in [0.2, 0.25) is 5.91 Å². The van der Waals surface area contributed by atoms with Crippen LogP contribution in [0.5, 0.6) is 0 Å². The van der Waals surface area contributed by atoms with Gasteiger partial charge in [-0.1, -0.05) is 94.3 Å². The van der Waals surface area contributed by atoms with Gasteiger partial charge in [0.25, 0.3) is 0 Å². The summed E-state index contributed by atoms with van der Waals surface area (Å²) in [5.41, 5.74) is 2.28. The molecule has 2 aromatic carbocycles. The summed E-state index contributed by atoms with van der Waals surface area (Å²) in [6.45, 7) is 7.20. The van der Waals surface area contributed by atoms with E-state index >= 15 is 0 Å². The van der Waals surface area contributed by atoms with Crippen molar-refractivity contribution < 1.29 is 9.90 Å². The summed E-state index contributed by atoms with van der Waals surface area (Å²) >= 11 is 0. The van der Waals surface area contributed by atoms with E-state index in [1.165, 1.54) is 12.8 Å². The third-order valence-electron chi connectivity index (χ3n) is 7.27. The fraction of sp³-hybridized carbons (Fsp3) is 0.536. The second-order valence-corrected chi connectivity index (χ2v) is 9.73. The van der Waals surface area contributed by atoms with Crippen LogP contribution in [0.1, 0.15) is 63.5 Å². The van der Waals surface area contributed by atoms with Crippen molar-refractivity contribution in [3.05, 3.63) is 71.8 Å². The lowest BCUT2D eigenvalue weighted by molar-refractivity contribution is -0.123. The molecule has 1 aliphatic rings. The van der Waals surface area contributed by atoms with Gasteiger partial charge in [-0.15, -0.1) is 0 Å². The maximum absolute atomic E-state index is 12.9. The predicted molar refractivity (Wildman–Crippen MR) is 132 cm³/mol. The lowest BCUT2D eigenvalue weighted by Crippen LogP contribution is -2.51. The van der Waals surface area contributed by atoms with Gasteiger partial charge in [-0.3, -0.25) is 4.79 Å². The third-order valence-corrected chi connectivity index (χ3v) is 7.27. The molecule has 4 heteroatoms. The topological polar surface area (TPSA) is 61.4 Å². The fourth-order valence-electron chi connectivity index (χ4n) is 4.88. The molecule has 0 spiro atoms. The smallest absolute Gasteiger partial charge is 0.220 e. The van der Waals surface area contributed by atoms with E-state index in [0.717, 1.165) is 17.5 Å². The van der Waals surface area contributed by atoms with Crippen LogP contribution in [0.25, 0.3) is 0 Å². The summed E-state index contributed by atoms with van der Waals surface area (Å²) in [5.74, 6) is 1.43. The Kier molecular flexibility index (Phi) is 9.31. The normalized spacial score (nSPS) is 23.8. The molecule has 0 radical (unpaired) electrons. The molecule has 1 fully saturated rings. The Bertz CT molecular complexity index is 811. The van der Waals surface area contributed by atoms with Gasteiger partial charge in [-0.05, 0) is 41.7 Å². The van der Waals surface area contributed by atoms with Crippen LogP contribution in [0.2, 0.25) is 0 Å². The van der Waals surface area contributed by atoms with E-state index < -0.39 is 6.10 Å². The summed E-state index contributed by atoms with van der Waals surface area (Å²) in [5, 5.41) is 17.8. The van der Waals surface area contributed by atoms with Gasteiger partial charge in [-0.25, -0.2) is 0 Å². The molecule has 0 saturated heterocycles. The minimum Gasteiger partial charge on any atom is -0.390 e. The van der Waals surface area contributed by atoms with Crippen molar-refractivity contribution in [2.75, 3.05) is 6.54 Å². The van der Waals surface area contributed by atoms with Crippen molar-refractivity contribution in [1.82, 2.24) is 10.6 Å². The van der Waals surface area contributed by atoms with Crippen molar-refractivity contribution in [2.45, 2.75) is 77.0 Å². The molecule has 0 bridgehead atoms. The van der Waals surface area contributed by atoms with Crippen molar-refractivity contribution in [3.8, 4) is 0 Å². The molecule has 1 amide bonds. The number of benzene rings is 2. The van der Waals surface area contributed by atoms with Gasteiger partial charge in [-0.2, -0.15) is 0 Å². The highest BCUT2D eigenvalue weighted by Gasteiger charge is 2.29. The Hall–Kier alpha value is -2.17. The van der Waals surface area contributed by atoms with E-state index in [9.17, 15) is 9.90 Å². The van der Waals surface area contributed by atoms with Gasteiger partial charge >= 0.3 is 0 Å². The number of aliphatic hydroxyl groups excluding tert-OH is 1. The van der Waals surface area contributed by atoms with Crippen LogP contribution in [0, 0.1) is 11.8 Å². The highest BCUT2D eigenvalue weighted by atomic mass is 16.3. The molecule has 3 N–H and O–H groups in total. The van der Waals surface area contributed by atoms with Gasteiger partial charge in [0.05, 0.1) is 12.1 Å². The van der Waals surface area contributed by atoms with Crippen molar-refractivity contribution in [3.63, 3.8) is 0 Å². The molecule has 174 valence electrons. The number of amides is 1. The molecular formula is C28H40N2O2. The van der Waals surface area contributed by atoms with Crippen molar-refractivity contribution >= 4 is 5.91 Å². The summed E-state index contributed by atoms with van der Waals surface area (Å²) < 4.78 is 0. The first kappa shape index (κ1) is 24.5. The second-order valence-electron chi connectivity index (χ2n) is 9.73. The van der Waals surface area contributed by atoms with Crippen molar-refractivity contribution in [1.29, 1.82) is 0 Å². The zero-order valence-corrected chi connectivity index (χ0v) is 19.8. The lowest BCUT2D eigenvalue weighted by atomic mass is 9.78. The SMILES string of the molecule is CC(CC(=O)NC(Cc1ccccc1)C(O)CNC1CCCC(C)C1C)c1ccccc1. The van der Waals surface area contributed by atoms with Gasteiger partial charge in [0.15, 0.2) is 0 Å². The maximum Gasteiger partial charge on any atom is 0.220 e. The number of nitrogens with one attached hydrogen (secondary N) is 2. The van der Waals surface area contributed by atoms with Crippen LogP contribution in [0.3, 0.4) is 0 Å². The quantitative estimate of drug-likeness (QED) is 0.507. The maximum atomic E-state index is 12.9. The van der Waals surface area contributed by atoms with Gasteiger partial charge < -0.3 is 15.7 Å². The first-order chi connectivity index (χ1) is 15.4. The van der Waals surface area contributed by atoms with E-state index in [2.05, 4.69) is 55.7 Å². The molecular weight excluding hydrogens is 396 g/mol. The molecule has 4 nitrogen and oxygen atoms in total. The van der Waals surface area contributed by atoms with Crippen LogP contribution in [0.15, 0.2) is 60.7 Å². The molecule has 0 heterocycles. The minimum atomic E-state index is -0.643. The molecule has 1 aliphatic carbocycles. The lowest BCUT2D eigenvalue weighted by Gasteiger charge is -2.36. The summed E-state index contributed by atoms with van der Waals surface area (Å²) in [7, 11) is 0. The average molecular weight is 437 g/mol. The number of rotatable bonds is 10. The Labute approximate surface area is 193 Å². The van der Waals surface area contributed by atoms with Crippen LogP contribution in [-0.4, -0.2) is 35.7 Å². The predicted octanol–water partition coefficient (Wildman–Crippen LogP) is 4.68. The number of hydrogen-bond acceptors (Lipinski definition) is 3. The van der Waals surface area contributed by atoms with Gasteiger partial charge in [0.1, 0.15) is 0 Å². The number of aliphatic hydroxyl groups is 1. The third kappa shape index (κ3) is 7.18. The molecule has 1 saturated carbocycles. The van der Waals surface area contributed by atoms with Crippen LogP contribution in [-0.2, 0) is 11.2 Å². The fourth-order valence-corrected chi connectivity index (χ4v) is 4.88. The molecule has 6 atom stereocenters. The van der Waals surface area contributed by atoms with E-state index in [-0.39, 0.29) is 17.9 Å². The zero-order valence-electron chi connectivity index (χ0n) is 19.8. The number of hydrogen-bond donors (Lipinski definition) is 3. The molecule has 6 unspecified atom stereocenters. The molecule has 0 aliphatic heterocycles. The summed E-state index contributed by atoms with van der Waals surface area (Å²) in [6.07, 6.45) is 4.06.